The van der Waals surface area contributed by atoms with E-state index in [1.165, 1.54) is 30.7 Å². The van der Waals surface area contributed by atoms with E-state index < -0.39 is 0 Å². The number of hydrogen-bond donors (Lipinski definition) is 0. The predicted octanol–water partition coefficient (Wildman–Crippen LogP) is 2.03. The van der Waals surface area contributed by atoms with E-state index in [1.807, 2.05) is 6.33 Å². The van der Waals surface area contributed by atoms with Crippen LogP contribution in [0.2, 0.25) is 0 Å². The first kappa shape index (κ1) is 7.84. The van der Waals surface area contributed by atoms with Gasteiger partial charge in [-0.15, -0.1) is 0 Å². The fourth-order valence-electron chi connectivity index (χ4n) is 2.00. The maximum absolute atomic E-state index is 4.44. The van der Waals surface area contributed by atoms with E-state index in [9.17, 15) is 0 Å². The Balaban J connectivity index is 2.32. The fraction of sp³-hybridized carbons (Fsp3) is 0.700. The number of aryl methyl sites for hydroxylation is 1. The van der Waals surface area contributed by atoms with Crippen LogP contribution in [0.25, 0.3) is 0 Å². The molecular formula is C10H16N2. The normalized spacial score (nSPS) is 22.3. The van der Waals surface area contributed by atoms with Crippen molar-refractivity contribution in [3.63, 3.8) is 0 Å². The van der Waals surface area contributed by atoms with Crippen LogP contribution in [0.15, 0.2) is 6.33 Å². The van der Waals surface area contributed by atoms with E-state index in [2.05, 4.69) is 23.4 Å². The van der Waals surface area contributed by atoms with E-state index in [4.69, 9.17) is 0 Å². The van der Waals surface area contributed by atoms with Crippen molar-refractivity contribution in [2.24, 2.45) is 5.92 Å². The molecule has 1 heterocycles. The van der Waals surface area contributed by atoms with Crippen LogP contribution in [0.1, 0.15) is 31.7 Å². The van der Waals surface area contributed by atoms with E-state index in [0.717, 1.165) is 12.5 Å². The molecule has 0 aliphatic heterocycles. The smallest absolute Gasteiger partial charge is 0.0951 e. The van der Waals surface area contributed by atoms with E-state index in [0.29, 0.717) is 0 Å². The van der Waals surface area contributed by atoms with Crippen LogP contribution >= 0.6 is 0 Å². The summed E-state index contributed by atoms with van der Waals surface area (Å²) >= 11 is 0. The highest BCUT2D eigenvalue weighted by Crippen LogP contribution is 2.23. The zero-order valence-corrected chi connectivity index (χ0v) is 7.88. The molecular weight excluding hydrogens is 148 g/mol. The average Bonchev–Trinajstić information content (AvgIpc) is 2.46. The molecule has 1 aliphatic carbocycles. The zero-order chi connectivity index (χ0) is 8.55. The molecule has 0 spiro atoms. The molecule has 2 nitrogen and oxygen atoms in total. The Morgan fingerprint density at radius 1 is 1.67 bits per heavy atom. The third kappa shape index (κ3) is 1.15. The van der Waals surface area contributed by atoms with Crippen molar-refractivity contribution in [1.29, 1.82) is 0 Å². The molecule has 2 rings (SSSR count). The second-order valence-corrected chi connectivity index (χ2v) is 3.77. The summed E-state index contributed by atoms with van der Waals surface area (Å²) in [6, 6.07) is 0. The maximum Gasteiger partial charge on any atom is 0.0951 e. The van der Waals surface area contributed by atoms with Crippen molar-refractivity contribution in [1.82, 2.24) is 9.55 Å². The lowest BCUT2D eigenvalue weighted by atomic mass is 9.91. The molecule has 1 aromatic heterocycles. The van der Waals surface area contributed by atoms with E-state index >= 15 is 0 Å². The standard InChI is InChI=1S/C10H16N2/c1-3-12-7-11-9-6-8(2)4-5-10(9)12/h7-8H,3-6H2,1-2H3. The van der Waals surface area contributed by atoms with Crippen LogP contribution < -0.4 is 0 Å². The van der Waals surface area contributed by atoms with E-state index in [-0.39, 0.29) is 0 Å². The molecule has 0 saturated heterocycles. The van der Waals surface area contributed by atoms with Gasteiger partial charge in [-0.25, -0.2) is 4.98 Å². The van der Waals surface area contributed by atoms with Crippen molar-refractivity contribution in [2.45, 2.75) is 39.7 Å². The van der Waals surface area contributed by atoms with Gasteiger partial charge in [0.1, 0.15) is 0 Å². The Kier molecular flexibility index (Phi) is 1.91. The van der Waals surface area contributed by atoms with Gasteiger partial charge in [0.25, 0.3) is 0 Å². The van der Waals surface area contributed by atoms with Crippen molar-refractivity contribution in [3.8, 4) is 0 Å². The molecule has 1 atom stereocenters. The first-order valence-corrected chi connectivity index (χ1v) is 4.84. The average molecular weight is 164 g/mol. The Morgan fingerprint density at radius 3 is 3.25 bits per heavy atom. The van der Waals surface area contributed by atoms with Gasteiger partial charge < -0.3 is 4.57 Å². The molecule has 0 bridgehead atoms. The van der Waals surface area contributed by atoms with Crippen molar-refractivity contribution in [2.75, 3.05) is 0 Å². The first-order chi connectivity index (χ1) is 5.81. The Morgan fingerprint density at radius 2 is 2.50 bits per heavy atom. The largest absolute Gasteiger partial charge is 0.335 e. The highest BCUT2D eigenvalue weighted by atomic mass is 15.1. The minimum atomic E-state index is 0.831. The monoisotopic (exact) mass is 164 g/mol. The second kappa shape index (κ2) is 2.92. The molecule has 0 saturated carbocycles. The van der Waals surface area contributed by atoms with Crippen molar-refractivity contribution >= 4 is 0 Å². The Hall–Kier alpha value is -0.790. The lowest BCUT2D eigenvalue weighted by molar-refractivity contribution is 0.481. The Labute approximate surface area is 73.6 Å². The van der Waals surface area contributed by atoms with Crippen LogP contribution in [-0.4, -0.2) is 9.55 Å². The highest BCUT2D eigenvalue weighted by Gasteiger charge is 2.18. The van der Waals surface area contributed by atoms with Gasteiger partial charge in [-0.05, 0) is 32.1 Å². The van der Waals surface area contributed by atoms with Gasteiger partial charge in [-0.2, -0.15) is 0 Å². The minimum Gasteiger partial charge on any atom is -0.335 e. The first-order valence-electron chi connectivity index (χ1n) is 4.84. The van der Waals surface area contributed by atoms with Crippen molar-refractivity contribution < 1.29 is 0 Å². The summed E-state index contributed by atoms with van der Waals surface area (Å²) in [6.07, 6.45) is 5.73. The van der Waals surface area contributed by atoms with Crippen molar-refractivity contribution in [3.05, 3.63) is 17.7 Å². The van der Waals surface area contributed by atoms with Crippen LogP contribution in [0.3, 0.4) is 0 Å². The molecule has 1 aromatic rings. The third-order valence-electron chi connectivity index (χ3n) is 2.79. The predicted molar refractivity (Wildman–Crippen MR) is 49.1 cm³/mol. The number of imidazole rings is 1. The van der Waals surface area contributed by atoms with Gasteiger partial charge in [0.2, 0.25) is 0 Å². The summed E-state index contributed by atoms with van der Waals surface area (Å²) in [5, 5.41) is 0. The van der Waals surface area contributed by atoms with Gasteiger partial charge in [0.05, 0.1) is 12.0 Å². The molecule has 0 radical (unpaired) electrons. The summed E-state index contributed by atoms with van der Waals surface area (Å²) in [4.78, 5) is 4.44. The summed E-state index contributed by atoms with van der Waals surface area (Å²) in [6.45, 7) is 5.56. The number of rotatable bonds is 1. The molecule has 1 unspecified atom stereocenters. The van der Waals surface area contributed by atoms with Gasteiger partial charge in [0, 0.05) is 12.2 Å². The van der Waals surface area contributed by atoms with Crippen LogP contribution in [0.4, 0.5) is 0 Å². The minimum absolute atomic E-state index is 0.831. The molecule has 0 aromatic carbocycles. The third-order valence-corrected chi connectivity index (χ3v) is 2.79. The zero-order valence-electron chi connectivity index (χ0n) is 7.88. The maximum atomic E-state index is 4.44. The number of fused-ring (bicyclic) bond motifs is 1. The fourth-order valence-corrected chi connectivity index (χ4v) is 2.00. The topological polar surface area (TPSA) is 17.8 Å². The number of aromatic nitrogens is 2. The second-order valence-electron chi connectivity index (χ2n) is 3.77. The Bertz CT molecular complexity index is 275. The summed E-state index contributed by atoms with van der Waals surface area (Å²) in [5.74, 6) is 0.831. The molecule has 0 amide bonds. The van der Waals surface area contributed by atoms with Gasteiger partial charge in [-0.3, -0.25) is 0 Å². The lowest BCUT2D eigenvalue weighted by Gasteiger charge is -2.18. The molecule has 66 valence electrons. The van der Waals surface area contributed by atoms with Crippen LogP contribution in [0, 0.1) is 5.92 Å². The van der Waals surface area contributed by atoms with Gasteiger partial charge in [0.15, 0.2) is 0 Å². The van der Waals surface area contributed by atoms with Gasteiger partial charge in [-0.1, -0.05) is 6.92 Å². The van der Waals surface area contributed by atoms with Crippen LogP contribution in [0.5, 0.6) is 0 Å². The molecule has 12 heavy (non-hydrogen) atoms. The SMILES string of the molecule is CCn1cnc2c1CCC(C)C2. The quantitative estimate of drug-likeness (QED) is 0.621. The number of hydrogen-bond acceptors (Lipinski definition) is 1. The molecule has 1 aliphatic rings. The molecule has 0 fully saturated rings. The molecule has 0 N–H and O–H groups in total. The highest BCUT2D eigenvalue weighted by molar-refractivity contribution is 5.17. The van der Waals surface area contributed by atoms with Crippen LogP contribution in [-0.2, 0) is 19.4 Å². The summed E-state index contributed by atoms with van der Waals surface area (Å²) in [7, 11) is 0. The number of nitrogens with zero attached hydrogens (tertiary/aromatic N) is 2. The summed E-state index contributed by atoms with van der Waals surface area (Å²) < 4.78 is 2.28. The summed E-state index contributed by atoms with van der Waals surface area (Å²) in [5.41, 5.74) is 2.83. The lowest BCUT2D eigenvalue weighted by Crippen LogP contribution is -2.13. The molecule has 2 heteroatoms. The van der Waals surface area contributed by atoms with E-state index in [1.54, 1.807) is 0 Å². The van der Waals surface area contributed by atoms with Gasteiger partial charge >= 0.3 is 0 Å².